The number of fused-ring (bicyclic) bond motifs is 2. The molecular weight excluding hydrogens is 366 g/mol. The van der Waals surface area contributed by atoms with E-state index in [0.29, 0.717) is 6.54 Å². The molecule has 0 aliphatic rings. The van der Waals surface area contributed by atoms with Gasteiger partial charge in [-0.1, -0.05) is 18.2 Å². The monoisotopic (exact) mass is 383 g/mol. The highest BCUT2D eigenvalue weighted by molar-refractivity contribution is 7.90. The molecule has 0 saturated carbocycles. The summed E-state index contributed by atoms with van der Waals surface area (Å²) in [6.45, 7) is 0.680. The van der Waals surface area contributed by atoms with Crippen LogP contribution in [0.3, 0.4) is 0 Å². The number of nitrogens with zero attached hydrogens (tertiary/aromatic N) is 3. The van der Waals surface area contributed by atoms with Gasteiger partial charge in [0.15, 0.2) is 9.84 Å². The van der Waals surface area contributed by atoms with E-state index in [4.69, 9.17) is 0 Å². The van der Waals surface area contributed by atoms with Crippen molar-refractivity contribution in [3.05, 3.63) is 59.7 Å². The molecule has 2 aromatic carbocycles. The second-order valence-corrected chi connectivity index (χ2v) is 9.19. The summed E-state index contributed by atoms with van der Waals surface area (Å²) in [5.41, 5.74) is 1.95. The van der Waals surface area contributed by atoms with Gasteiger partial charge in [0.2, 0.25) is 0 Å². The summed E-state index contributed by atoms with van der Waals surface area (Å²) < 4.78 is 25.1. The van der Waals surface area contributed by atoms with Gasteiger partial charge in [-0.15, -0.1) is 11.3 Å². The van der Waals surface area contributed by atoms with Crippen LogP contribution < -0.4 is 4.90 Å². The highest BCUT2D eigenvalue weighted by Crippen LogP contribution is 2.30. The Morgan fingerprint density at radius 1 is 1.08 bits per heavy atom. The molecule has 5 nitrogen and oxygen atoms in total. The van der Waals surface area contributed by atoms with Crippen LogP contribution in [0.4, 0.5) is 5.82 Å². The Balaban J connectivity index is 1.78. The number of anilines is 1. The van der Waals surface area contributed by atoms with Crippen molar-refractivity contribution in [3.8, 4) is 0 Å². The van der Waals surface area contributed by atoms with Crippen LogP contribution in [0.25, 0.3) is 21.0 Å². The molecule has 0 radical (unpaired) electrons. The molecule has 26 heavy (non-hydrogen) atoms. The van der Waals surface area contributed by atoms with Gasteiger partial charge >= 0.3 is 0 Å². The van der Waals surface area contributed by atoms with Crippen LogP contribution in [-0.4, -0.2) is 31.7 Å². The van der Waals surface area contributed by atoms with Crippen LogP contribution in [0, 0.1) is 0 Å². The first-order valence-electron chi connectivity index (χ1n) is 8.04. The van der Waals surface area contributed by atoms with Crippen molar-refractivity contribution in [3.63, 3.8) is 0 Å². The van der Waals surface area contributed by atoms with Crippen molar-refractivity contribution in [1.82, 2.24) is 9.97 Å². The average Bonchev–Trinajstić information content (AvgIpc) is 3.03. The van der Waals surface area contributed by atoms with Crippen LogP contribution in [-0.2, 0) is 16.4 Å². The Morgan fingerprint density at radius 2 is 1.88 bits per heavy atom. The SMILES string of the molecule is CN(Cc1csc2ccccc12)c1ncnc2ccc(S(C)(=O)=O)cc12. The number of hydrogen-bond acceptors (Lipinski definition) is 6. The molecule has 4 aromatic rings. The first-order valence-corrected chi connectivity index (χ1v) is 10.8. The molecule has 0 spiro atoms. The molecule has 0 N–H and O–H groups in total. The molecule has 0 aliphatic carbocycles. The summed E-state index contributed by atoms with van der Waals surface area (Å²) in [5, 5.41) is 4.13. The van der Waals surface area contributed by atoms with Gasteiger partial charge in [0.05, 0.1) is 10.4 Å². The fourth-order valence-electron chi connectivity index (χ4n) is 3.04. The maximum Gasteiger partial charge on any atom is 0.175 e. The maximum absolute atomic E-state index is 11.9. The Labute approximate surface area is 155 Å². The lowest BCUT2D eigenvalue weighted by Crippen LogP contribution is -2.18. The van der Waals surface area contributed by atoms with E-state index in [9.17, 15) is 8.42 Å². The first kappa shape index (κ1) is 16.9. The third-order valence-corrected chi connectivity index (χ3v) is 6.47. The van der Waals surface area contributed by atoms with Crippen LogP contribution in [0.15, 0.2) is 59.1 Å². The van der Waals surface area contributed by atoms with E-state index in [-0.39, 0.29) is 4.90 Å². The minimum Gasteiger partial charge on any atom is -0.355 e. The zero-order chi connectivity index (χ0) is 18.3. The Morgan fingerprint density at radius 3 is 2.69 bits per heavy atom. The molecule has 132 valence electrons. The predicted molar refractivity (Wildman–Crippen MR) is 107 cm³/mol. The van der Waals surface area contributed by atoms with Crippen LogP contribution in [0.1, 0.15) is 5.56 Å². The van der Waals surface area contributed by atoms with Gasteiger partial charge in [-0.2, -0.15) is 0 Å². The number of sulfone groups is 1. The molecule has 4 rings (SSSR count). The van der Waals surface area contributed by atoms with Crippen molar-refractivity contribution >= 4 is 48.0 Å². The summed E-state index contributed by atoms with van der Waals surface area (Å²) in [4.78, 5) is 11.0. The Hall–Kier alpha value is -2.51. The normalized spacial score (nSPS) is 11.9. The van der Waals surface area contributed by atoms with Crippen molar-refractivity contribution in [1.29, 1.82) is 0 Å². The molecule has 7 heteroatoms. The molecule has 0 fully saturated rings. The van der Waals surface area contributed by atoms with Crippen LogP contribution in [0.5, 0.6) is 0 Å². The third kappa shape index (κ3) is 3.04. The van der Waals surface area contributed by atoms with Gasteiger partial charge in [0.25, 0.3) is 0 Å². The fraction of sp³-hybridized carbons (Fsp3) is 0.158. The zero-order valence-electron chi connectivity index (χ0n) is 14.4. The van der Waals surface area contributed by atoms with Crippen molar-refractivity contribution in [2.45, 2.75) is 11.4 Å². The Kier molecular flexibility index (Phi) is 4.13. The predicted octanol–water partition coefficient (Wildman–Crippen LogP) is 3.88. The molecule has 0 amide bonds. The number of hydrogen-bond donors (Lipinski definition) is 0. The van der Waals surface area contributed by atoms with E-state index in [1.165, 1.54) is 28.2 Å². The van der Waals surface area contributed by atoms with E-state index in [0.717, 1.165) is 16.7 Å². The molecule has 2 heterocycles. The fourth-order valence-corrected chi connectivity index (χ4v) is 4.64. The molecule has 2 aromatic heterocycles. The molecule has 0 atom stereocenters. The van der Waals surface area contributed by atoms with Gasteiger partial charge in [0.1, 0.15) is 12.1 Å². The van der Waals surface area contributed by atoms with Gasteiger partial charge in [-0.25, -0.2) is 18.4 Å². The molecule has 0 saturated heterocycles. The van der Waals surface area contributed by atoms with E-state index in [1.54, 1.807) is 29.5 Å². The van der Waals surface area contributed by atoms with E-state index >= 15 is 0 Å². The number of benzene rings is 2. The van der Waals surface area contributed by atoms with Gasteiger partial charge in [0, 0.05) is 29.9 Å². The molecule has 0 aliphatic heterocycles. The third-order valence-electron chi connectivity index (χ3n) is 4.34. The molecule has 0 bridgehead atoms. The zero-order valence-corrected chi connectivity index (χ0v) is 16.0. The van der Waals surface area contributed by atoms with Crippen LogP contribution in [0.2, 0.25) is 0 Å². The summed E-state index contributed by atoms with van der Waals surface area (Å²) in [6.07, 6.45) is 2.72. The summed E-state index contributed by atoms with van der Waals surface area (Å²) in [7, 11) is -1.33. The smallest absolute Gasteiger partial charge is 0.175 e. The Bertz CT molecular complexity index is 1220. The van der Waals surface area contributed by atoms with Crippen molar-refractivity contribution in [2.24, 2.45) is 0 Å². The van der Waals surface area contributed by atoms with Crippen LogP contribution >= 0.6 is 11.3 Å². The topological polar surface area (TPSA) is 63.2 Å². The minimum absolute atomic E-state index is 0.274. The number of thiophene rings is 1. The number of rotatable bonds is 4. The summed E-state index contributed by atoms with van der Waals surface area (Å²) >= 11 is 1.72. The lowest BCUT2D eigenvalue weighted by atomic mass is 10.1. The second-order valence-electron chi connectivity index (χ2n) is 6.26. The highest BCUT2D eigenvalue weighted by Gasteiger charge is 2.14. The van der Waals surface area contributed by atoms with Gasteiger partial charge < -0.3 is 4.90 Å². The van der Waals surface area contributed by atoms with Gasteiger partial charge in [-0.05, 0) is 40.6 Å². The molecule has 0 unspecified atom stereocenters. The first-order chi connectivity index (χ1) is 12.4. The standard InChI is InChI=1S/C19H17N3O2S2/c1-22(10-13-11-25-18-6-4-3-5-15(13)18)19-16-9-14(26(2,23)24)7-8-17(16)20-12-21-19/h3-9,11-12H,10H2,1-2H3. The van der Waals surface area contributed by atoms with E-state index in [1.807, 2.05) is 24.1 Å². The van der Waals surface area contributed by atoms with Gasteiger partial charge in [-0.3, -0.25) is 0 Å². The van der Waals surface area contributed by atoms with Crippen molar-refractivity contribution in [2.75, 3.05) is 18.2 Å². The maximum atomic E-state index is 11.9. The highest BCUT2D eigenvalue weighted by atomic mass is 32.2. The second kappa shape index (κ2) is 6.34. The average molecular weight is 383 g/mol. The number of aromatic nitrogens is 2. The summed E-state index contributed by atoms with van der Waals surface area (Å²) in [6, 6.07) is 13.3. The van der Waals surface area contributed by atoms with E-state index in [2.05, 4.69) is 27.5 Å². The van der Waals surface area contributed by atoms with Crippen molar-refractivity contribution < 1.29 is 8.42 Å². The quantitative estimate of drug-likeness (QED) is 0.535. The molecular formula is C19H17N3O2S2. The largest absolute Gasteiger partial charge is 0.355 e. The lowest BCUT2D eigenvalue weighted by molar-refractivity contribution is 0.602. The minimum atomic E-state index is -3.29. The van der Waals surface area contributed by atoms with E-state index < -0.39 is 9.84 Å². The summed E-state index contributed by atoms with van der Waals surface area (Å²) in [5.74, 6) is 0.718. The lowest BCUT2D eigenvalue weighted by Gasteiger charge is -2.19.